The Morgan fingerprint density at radius 2 is 2.17 bits per heavy atom. The Balaban J connectivity index is 2.37. The standard InChI is InChI=1S/C14H15ClFNO/c1-17(2)8-11-10(4-6-14(11)18)9-3-5-12(15)13(16)7-9/h3,5,7-8,10H,4,6H2,1-2H3/b11-8-/t10-/m1/s1. The lowest BCUT2D eigenvalue weighted by atomic mass is 9.94. The molecule has 2 rings (SSSR count). The minimum atomic E-state index is -0.433. The van der Waals surface area contributed by atoms with Crippen molar-refractivity contribution in [3.05, 3.63) is 46.4 Å². The van der Waals surface area contributed by atoms with Crippen LogP contribution < -0.4 is 0 Å². The van der Waals surface area contributed by atoms with Crippen molar-refractivity contribution in [3.63, 3.8) is 0 Å². The zero-order valence-corrected chi connectivity index (χ0v) is 11.2. The van der Waals surface area contributed by atoms with Crippen LogP contribution in [0.3, 0.4) is 0 Å². The van der Waals surface area contributed by atoms with Crippen LogP contribution in [0.15, 0.2) is 30.0 Å². The van der Waals surface area contributed by atoms with Gasteiger partial charge in [-0.15, -0.1) is 0 Å². The molecule has 1 saturated carbocycles. The minimum absolute atomic E-state index is 0.0216. The first-order valence-corrected chi connectivity index (χ1v) is 6.23. The number of benzene rings is 1. The fraction of sp³-hybridized carbons (Fsp3) is 0.357. The highest BCUT2D eigenvalue weighted by Gasteiger charge is 2.30. The predicted octanol–water partition coefficient (Wildman–Crippen LogP) is 3.37. The molecule has 96 valence electrons. The second kappa shape index (κ2) is 5.11. The van der Waals surface area contributed by atoms with Crippen LogP contribution >= 0.6 is 11.6 Å². The lowest BCUT2D eigenvalue weighted by Crippen LogP contribution is -2.09. The van der Waals surface area contributed by atoms with Crippen molar-refractivity contribution < 1.29 is 9.18 Å². The second-order valence-electron chi connectivity index (χ2n) is 4.74. The quantitative estimate of drug-likeness (QED) is 0.766. The van der Waals surface area contributed by atoms with Crippen LogP contribution in [-0.2, 0) is 4.79 Å². The van der Waals surface area contributed by atoms with Crippen LogP contribution in [0.2, 0.25) is 5.02 Å². The van der Waals surface area contributed by atoms with Crippen LogP contribution in [0.25, 0.3) is 0 Å². The lowest BCUT2D eigenvalue weighted by Gasteiger charge is -2.14. The van der Waals surface area contributed by atoms with Gasteiger partial charge in [0, 0.05) is 38.2 Å². The van der Waals surface area contributed by atoms with Crippen LogP contribution in [0, 0.1) is 5.82 Å². The molecule has 1 fully saturated rings. The molecule has 4 heteroatoms. The average molecular weight is 268 g/mol. The normalized spacial score (nSPS) is 21.7. The number of hydrogen-bond acceptors (Lipinski definition) is 2. The van der Waals surface area contributed by atoms with Gasteiger partial charge in [0.25, 0.3) is 0 Å². The summed E-state index contributed by atoms with van der Waals surface area (Å²) in [7, 11) is 3.75. The molecule has 2 nitrogen and oxygen atoms in total. The van der Waals surface area contributed by atoms with E-state index in [2.05, 4.69) is 0 Å². The van der Waals surface area contributed by atoms with Gasteiger partial charge in [-0.3, -0.25) is 4.79 Å². The number of carbonyl (C=O) groups excluding carboxylic acids is 1. The molecule has 1 aromatic rings. The molecule has 0 N–H and O–H groups in total. The smallest absolute Gasteiger partial charge is 0.160 e. The molecule has 0 saturated heterocycles. The Hall–Kier alpha value is -1.35. The van der Waals surface area contributed by atoms with Gasteiger partial charge in [-0.05, 0) is 24.1 Å². The maximum absolute atomic E-state index is 13.5. The molecule has 1 aromatic carbocycles. The fourth-order valence-electron chi connectivity index (χ4n) is 2.29. The number of Topliss-reactive ketones (excluding diaryl/α,β-unsaturated/α-hetero) is 1. The molecule has 0 spiro atoms. The lowest BCUT2D eigenvalue weighted by molar-refractivity contribution is -0.114. The van der Waals surface area contributed by atoms with E-state index in [1.165, 1.54) is 6.07 Å². The van der Waals surface area contributed by atoms with E-state index < -0.39 is 5.82 Å². The summed E-state index contributed by atoms with van der Waals surface area (Å²) < 4.78 is 13.5. The third-order valence-corrected chi connectivity index (χ3v) is 3.41. The molecular weight excluding hydrogens is 253 g/mol. The highest BCUT2D eigenvalue weighted by Crippen LogP contribution is 2.37. The van der Waals surface area contributed by atoms with E-state index in [0.717, 1.165) is 17.6 Å². The number of halogens is 2. The number of hydrogen-bond donors (Lipinski definition) is 0. The van der Waals surface area contributed by atoms with Crippen molar-refractivity contribution in [1.82, 2.24) is 4.90 Å². The molecule has 0 aliphatic heterocycles. The molecule has 0 bridgehead atoms. The van der Waals surface area contributed by atoms with E-state index in [1.807, 2.05) is 25.2 Å². The molecule has 0 radical (unpaired) electrons. The van der Waals surface area contributed by atoms with Crippen LogP contribution in [-0.4, -0.2) is 24.8 Å². The second-order valence-corrected chi connectivity index (χ2v) is 5.14. The van der Waals surface area contributed by atoms with Gasteiger partial charge in [-0.2, -0.15) is 0 Å². The SMILES string of the molecule is CN(C)/C=C1\C(=O)CC[C@@H]1c1ccc(Cl)c(F)c1. The summed E-state index contributed by atoms with van der Waals surface area (Å²) in [4.78, 5) is 13.7. The molecule has 18 heavy (non-hydrogen) atoms. The van der Waals surface area contributed by atoms with Gasteiger partial charge in [-0.1, -0.05) is 17.7 Å². The van der Waals surface area contributed by atoms with Crippen molar-refractivity contribution in [1.29, 1.82) is 0 Å². The van der Waals surface area contributed by atoms with Crippen molar-refractivity contribution >= 4 is 17.4 Å². The maximum atomic E-state index is 13.5. The number of nitrogens with zero attached hydrogens (tertiary/aromatic N) is 1. The summed E-state index contributed by atoms with van der Waals surface area (Å²) in [5.41, 5.74) is 1.57. The molecule has 1 aliphatic carbocycles. The monoisotopic (exact) mass is 267 g/mol. The topological polar surface area (TPSA) is 20.3 Å². The Kier molecular flexibility index (Phi) is 3.71. The van der Waals surface area contributed by atoms with E-state index >= 15 is 0 Å². The molecule has 0 amide bonds. The molecule has 1 atom stereocenters. The van der Waals surface area contributed by atoms with Crippen molar-refractivity contribution in [2.75, 3.05) is 14.1 Å². The van der Waals surface area contributed by atoms with Crippen molar-refractivity contribution in [2.24, 2.45) is 0 Å². The Labute approximate surface area is 111 Å². The van der Waals surface area contributed by atoms with Gasteiger partial charge in [0.05, 0.1) is 5.02 Å². The molecular formula is C14H15ClFNO. The molecule has 0 heterocycles. The Morgan fingerprint density at radius 1 is 1.44 bits per heavy atom. The zero-order valence-electron chi connectivity index (χ0n) is 10.4. The van der Waals surface area contributed by atoms with Crippen LogP contribution in [0.1, 0.15) is 24.3 Å². The Morgan fingerprint density at radius 3 is 2.78 bits per heavy atom. The summed E-state index contributed by atoms with van der Waals surface area (Å²) >= 11 is 5.67. The van der Waals surface area contributed by atoms with Crippen molar-refractivity contribution in [2.45, 2.75) is 18.8 Å². The van der Waals surface area contributed by atoms with Gasteiger partial charge in [-0.25, -0.2) is 4.39 Å². The molecule has 0 aromatic heterocycles. The fourth-order valence-corrected chi connectivity index (χ4v) is 2.40. The summed E-state index contributed by atoms with van der Waals surface area (Å²) in [5, 5.41) is 0.112. The van der Waals surface area contributed by atoms with E-state index in [-0.39, 0.29) is 16.7 Å². The Bertz CT molecular complexity index is 511. The van der Waals surface area contributed by atoms with E-state index in [0.29, 0.717) is 6.42 Å². The van der Waals surface area contributed by atoms with E-state index in [9.17, 15) is 9.18 Å². The van der Waals surface area contributed by atoms with Crippen LogP contribution in [0.4, 0.5) is 4.39 Å². The highest BCUT2D eigenvalue weighted by atomic mass is 35.5. The van der Waals surface area contributed by atoms with E-state index in [1.54, 1.807) is 12.1 Å². The van der Waals surface area contributed by atoms with Crippen LogP contribution in [0.5, 0.6) is 0 Å². The van der Waals surface area contributed by atoms with Gasteiger partial charge in [0.2, 0.25) is 0 Å². The van der Waals surface area contributed by atoms with Gasteiger partial charge in [0.15, 0.2) is 5.78 Å². The minimum Gasteiger partial charge on any atom is -0.383 e. The summed E-state index contributed by atoms with van der Waals surface area (Å²) in [5.74, 6) is -0.312. The first kappa shape index (κ1) is 13.1. The average Bonchev–Trinajstić information content (AvgIpc) is 2.64. The van der Waals surface area contributed by atoms with Crippen molar-refractivity contribution in [3.8, 4) is 0 Å². The molecule has 0 unspecified atom stereocenters. The first-order chi connectivity index (χ1) is 8.49. The number of carbonyl (C=O) groups is 1. The number of ketones is 1. The van der Waals surface area contributed by atoms with Gasteiger partial charge in [0.1, 0.15) is 5.82 Å². The number of rotatable bonds is 2. The number of allylic oxidation sites excluding steroid dienone is 1. The van der Waals surface area contributed by atoms with Gasteiger partial charge >= 0.3 is 0 Å². The molecule has 1 aliphatic rings. The zero-order chi connectivity index (χ0) is 13.3. The highest BCUT2D eigenvalue weighted by molar-refractivity contribution is 6.30. The van der Waals surface area contributed by atoms with Gasteiger partial charge < -0.3 is 4.90 Å². The third-order valence-electron chi connectivity index (χ3n) is 3.10. The predicted molar refractivity (Wildman–Crippen MR) is 70.2 cm³/mol. The maximum Gasteiger partial charge on any atom is 0.160 e. The summed E-state index contributed by atoms with van der Waals surface area (Å²) in [6.45, 7) is 0. The summed E-state index contributed by atoms with van der Waals surface area (Å²) in [6.07, 6.45) is 3.08. The third kappa shape index (κ3) is 2.56. The largest absolute Gasteiger partial charge is 0.383 e. The summed E-state index contributed by atoms with van der Waals surface area (Å²) in [6, 6.07) is 4.76. The van der Waals surface area contributed by atoms with E-state index in [4.69, 9.17) is 11.6 Å². The first-order valence-electron chi connectivity index (χ1n) is 5.85.